The number of pyridine rings is 1. The van der Waals surface area contributed by atoms with Crippen molar-refractivity contribution >= 4 is 27.3 Å². The molecule has 5 heteroatoms. The number of nitrogens with one attached hydrogen (secondary N) is 1. The van der Waals surface area contributed by atoms with Crippen molar-refractivity contribution in [3.05, 3.63) is 44.6 Å². The number of aryl methyl sites for hydroxylation is 1. The first-order valence-electron chi connectivity index (χ1n) is 6.01. The van der Waals surface area contributed by atoms with Gasteiger partial charge in [0.1, 0.15) is 5.01 Å². The number of rotatable bonds is 4. The average Bonchev–Trinajstić information content (AvgIpc) is 3.07. The highest BCUT2D eigenvalue weighted by molar-refractivity contribution is 9.10. The van der Waals surface area contributed by atoms with Crippen LogP contribution < -0.4 is 5.32 Å². The van der Waals surface area contributed by atoms with Crippen LogP contribution in [0.25, 0.3) is 0 Å². The van der Waals surface area contributed by atoms with Crippen LogP contribution in [0.1, 0.15) is 35.1 Å². The molecule has 94 valence electrons. The van der Waals surface area contributed by atoms with E-state index in [1.165, 1.54) is 18.4 Å². The van der Waals surface area contributed by atoms with Crippen LogP contribution in [-0.2, 0) is 0 Å². The molecule has 0 aliphatic heterocycles. The summed E-state index contributed by atoms with van der Waals surface area (Å²) in [6.45, 7) is 2.04. The minimum Gasteiger partial charge on any atom is -0.301 e. The summed E-state index contributed by atoms with van der Waals surface area (Å²) in [7, 11) is 0. The normalized spacial score (nSPS) is 16.8. The summed E-state index contributed by atoms with van der Waals surface area (Å²) in [5, 5.41) is 6.88. The Kier molecular flexibility index (Phi) is 3.46. The SMILES string of the molecule is Cc1csc(C(NC2CC2)c2cncc(Br)c2)n1. The molecule has 2 aromatic rings. The van der Waals surface area contributed by atoms with Crippen molar-refractivity contribution in [2.45, 2.75) is 31.8 Å². The van der Waals surface area contributed by atoms with Gasteiger partial charge in [-0.1, -0.05) is 0 Å². The molecular weight excluding hydrogens is 310 g/mol. The van der Waals surface area contributed by atoms with E-state index in [1.54, 1.807) is 11.3 Å². The van der Waals surface area contributed by atoms with Crippen molar-refractivity contribution in [2.75, 3.05) is 0 Å². The zero-order valence-electron chi connectivity index (χ0n) is 10.1. The summed E-state index contributed by atoms with van der Waals surface area (Å²) < 4.78 is 1.01. The highest BCUT2D eigenvalue weighted by Gasteiger charge is 2.28. The van der Waals surface area contributed by atoms with Crippen LogP contribution in [0.3, 0.4) is 0 Å². The minimum absolute atomic E-state index is 0.168. The molecular formula is C13H14BrN3S. The highest BCUT2D eigenvalue weighted by atomic mass is 79.9. The first-order chi connectivity index (χ1) is 8.72. The molecule has 1 atom stereocenters. The second-order valence-corrected chi connectivity index (χ2v) is 6.44. The van der Waals surface area contributed by atoms with Crippen LogP contribution in [0.15, 0.2) is 28.3 Å². The molecule has 0 bridgehead atoms. The zero-order chi connectivity index (χ0) is 12.5. The highest BCUT2D eigenvalue weighted by Crippen LogP contribution is 2.30. The first-order valence-corrected chi connectivity index (χ1v) is 7.68. The maximum Gasteiger partial charge on any atom is 0.114 e. The smallest absolute Gasteiger partial charge is 0.114 e. The van der Waals surface area contributed by atoms with Gasteiger partial charge in [0.05, 0.1) is 6.04 Å². The lowest BCUT2D eigenvalue weighted by Crippen LogP contribution is -2.24. The van der Waals surface area contributed by atoms with Gasteiger partial charge in [-0.3, -0.25) is 4.98 Å². The molecule has 0 radical (unpaired) electrons. The van der Waals surface area contributed by atoms with Gasteiger partial charge in [0.25, 0.3) is 0 Å². The molecule has 0 aromatic carbocycles. The maximum atomic E-state index is 4.61. The van der Waals surface area contributed by atoms with Gasteiger partial charge < -0.3 is 5.32 Å². The predicted octanol–water partition coefficient (Wildman–Crippen LogP) is 3.45. The molecule has 0 saturated heterocycles. The number of halogens is 1. The van der Waals surface area contributed by atoms with Crippen LogP contribution >= 0.6 is 27.3 Å². The van der Waals surface area contributed by atoms with Gasteiger partial charge in [0, 0.05) is 34.0 Å². The third-order valence-corrected chi connectivity index (χ3v) is 4.38. The Balaban J connectivity index is 1.93. The standard InChI is InChI=1S/C13H14BrN3S/c1-8-7-18-13(16-8)12(17-11-2-3-11)9-4-10(14)6-15-5-9/h4-7,11-12,17H,2-3H2,1H3. The molecule has 0 spiro atoms. The zero-order valence-corrected chi connectivity index (χ0v) is 12.5. The Morgan fingerprint density at radius 3 is 2.89 bits per heavy atom. The van der Waals surface area contributed by atoms with Crippen molar-refractivity contribution in [1.82, 2.24) is 15.3 Å². The van der Waals surface area contributed by atoms with E-state index in [4.69, 9.17) is 0 Å². The summed E-state index contributed by atoms with van der Waals surface area (Å²) in [6.07, 6.45) is 6.26. The summed E-state index contributed by atoms with van der Waals surface area (Å²) >= 11 is 5.19. The van der Waals surface area contributed by atoms with E-state index < -0.39 is 0 Å². The molecule has 2 aromatic heterocycles. The third-order valence-electron chi connectivity index (χ3n) is 2.92. The maximum absolute atomic E-state index is 4.61. The molecule has 2 heterocycles. The fourth-order valence-electron chi connectivity index (χ4n) is 1.89. The van der Waals surface area contributed by atoms with Crippen molar-refractivity contribution in [3.8, 4) is 0 Å². The second kappa shape index (κ2) is 5.07. The topological polar surface area (TPSA) is 37.8 Å². The molecule has 1 unspecified atom stereocenters. The molecule has 1 saturated carbocycles. The monoisotopic (exact) mass is 323 g/mol. The van der Waals surface area contributed by atoms with Crippen molar-refractivity contribution < 1.29 is 0 Å². The van der Waals surface area contributed by atoms with Crippen LogP contribution in [0.2, 0.25) is 0 Å². The van der Waals surface area contributed by atoms with E-state index >= 15 is 0 Å². The van der Waals surface area contributed by atoms with Gasteiger partial charge in [0.15, 0.2) is 0 Å². The number of thiazole rings is 1. The number of aromatic nitrogens is 2. The number of hydrogen-bond donors (Lipinski definition) is 1. The third kappa shape index (κ3) is 2.79. The van der Waals surface area contributed by atoms with Crippen LogP contribution in [0, 0.1) is 6.92 Å². The van der Waals surface area contributed by atoms with E-state index in [1.807, 2.05) is 19.3 Å². The Bertz CT molecular complexity index is 551. The van der Waals surface area contributed by atoms with Gasteiger partial charge in [-0.15, -0.1) is 11.3 Å². The Labute approximate surface area is 119 Å². The molecule has 1 aliphatic rings. The Hall–Kier alpha value is -0.780. The quantitative estimate of drug-likeness (QED) is 0.936. The van der Waals surface area contributed by atoms with Crippen LogP contribution in [0.4, 0.5) is 0 Å². The molecule has 18 heavy (non-hydrogen) atoms. The second-order valence-electron chi connectivity index (χ2n) is 4.64. The van der Waals surface area contributed by atoms with E-state index in [2.05, 4.69) is 42.7 Å². The van der Waals surface area contributed by atoms with E-state index in [0.717, 1.165) is 15.2 Å². The van der Waals surface area contributed by atoms with Crippen molar-refractivity contribution in [2.24, 2.45) is 0 Å². The van der Waals surface area contributed by atoms with Gasteiger partial charge >= 0.3 is 0 Å². The van der Waals surface area contributed by atoms with Gasteiger partial charge in [0.2, 0.25) is 0 Å². The van der Waals surface area contributed by atoms with E-state index in [0.29, 0.717) is 6.04 Å². The van der Waals surface area contributed by atoms with E-state index in [9.17, 15) is 0 Å². The molecule has 3 rings (SSSR count). The molecule has 1 aliphatic carbocycles. The molecule has 0 amide bonds. The van der Waals surface area contributed by atoms with Crippen molar-refractivity contribution in [3.63, 3.8) is 0 Å². The lowest BCUT2D eigenvalue weighted by molar-refractivity contribution is 0.595. The summed E-state index contributed by atoms with van der Waals surface area (Å²) in [6, 6.07) is 2.92. The summed E-state index contributed by atoms with van der Waals surface area (Å²) in [5.41, 5.74) is 2.26. The molecule has 3 nitrogen and oxygen atoms in total. The minimum atomic E-state index is 0.168. The van der Waals surface area contributed by atoms with Crippen LogP contribution in [-0.4, -0.2) is 16.0 Å². The van der Waals surface area contributed by atoms with Gasteiger partial charge in [-0.2, -0.15) is 0 Å². The summed E-state index contributed by atoms with van der Waals surface area (Å²) in [5.74, 6) is 0. The van der Waals surface area contributed by atoms with Crippen molar-refractivity contribution in [1.29, 1.82) is 0 Å². The Morgan fingerprint density at radius 1 is 1.44 bits per heavy atom. The lowest BCUT2D eigenvalue weighted by Gasteiger charge is -2.16. The lowest BCUT2D eigenvalue weighted by atomic mass is 10.1. The largest absolute Gasteiger partial charge is 0.301 e. The number of hydrogen-bond acceptors (Lipinski definition) is 4. The fraction of sp³-hybridized carbons (Fsp3) is 0.385. The van der Waals surface area contributed by atoms with Gasteiger partial charge in [-0.05, 0) is 47.3 Å². The predicted molar refractivity (Wildman–Crippen MR) is 76.8 cm³/mol. The number of nitrogens with zero attached hydrogens (tertiary/aromatic N) is 2. The molecule has 1 N–H and O–H groups in total. The van der Waals surface area contributed by atoms with Gasteiger partial charge in [-0.25, -0.2) is 4.98 Å². The Morgan fingerprint density at radius 2 is 2.28 bits per heavy atom. The van der Waals surface area contributed by atoms with E-state index in [-0.39, 0.29) is 6.04 Å². The summed E-state index contributed by atoms with van der Waals surface area (Å²) in [4.78, 5) is 8.87. The first kappa shape index (κ1) is 12.3. The average molecular weight is 324 g/mol. The fourth-order valence-corrected chi connectivity index (χ4v) is 3.15. The van der Waals surface area contributed by atoms with Crippen LogP contribution in [0.5, 0.6) is 0 Å². The molecule has 1 fully saturated rings.